The van der Waals surface area contributed by atoms with Crippen molar-refractivity contribution in [1.29, 1.82) is 0 Å². The molecular weight excluding hydrogens is 302 g/mol. The average Bonchev–Trinajstić information content (AvgIpc) is 3.06. The molecule has 1 fully saturated rings. The van der Waals surface area contributed by atoms with Gasteiger partial charge in [0.15, 0.2) is 0 Å². The van der Waals surface area contributed by atoms with Crippen LogP contribution in [0.3, 0.4) is 0 Å². The second-order valence-electron chi connectivity index (χ2n) is 6.88. The predicted molar refractivity (Wildman–Crippen MR) is 92.0 cm³/mol. The maximum absolute atomic E-state index is 12.6. The van der Waals surface area contributed by atoms with Crippen molar-refractivity contribution in [3.63, 3.8) is 0 Å². The molecule has 1 heterocycles. The third-order valence-corrected chi connectivity index (χ3v) is 4.94. The van der Waals surface area contributed by atoms with Crippen LogP contribution in [-0.2, 0) is 17.9 Å². The zero-order chi connectivity index (χ0) is 17.0. The fourth-order valence-electron chi connectivity index (χ4n) is 3.47. The van der Waals surface area contributed by atoms with Crippen LogP contribution in [0.2, 0.25) is 0 Å². The van der Waals surface area contributed by atoms with Crippen molar-refractivity contribution in [2.24, 2.45) is 11.7 Å². The lowest BCUT2D eigenvalue weighted by Gasteiger charge is -2.37. The summed E-state index contributed by atoms with van der Waals surface area (Å²) in [5.41, 5.74) is 8.15. The van der Waals surface area contributed by atoms with Crippen molar-refractivity contribution in [3.05, 3.63) is 48.0 Å². The fourth-order valence-corrected chi connectivity index (χ4v) is 3.47. The van der Waals surface area contributed by atoms with Gasteiger partial charge in [0, 0.05) is 12.1 Å². The predicted octanol–water partition coefficient (Wildman–Crippen LogP) is 1.85. The molecule has 6 heteroatoms. The number of nitrogens with two attached hydrogens (primary N) is 1. The third kappa shape index (κ3) is 3.82. The maximum Gasteiger partial charge on any atom is 0.225 e. The summed E-state index contributed by atoms with van der Waals surface area (Å²) in [5.74, 6) is -0.0380. The summed E-state index contributed by atoms with van der Waals surface area (Å²) in [5, 5.41) is 7.22. The van der Waals surface area contributed by atoms with E-state index in [9.17, 15) is 4.79 Å². The Morgan fingerprint density at radius 1 is 1.38 bits per heavy atom. The van der Waals surface area contributed by atoms with Gasteiger partial charge in [-0.15, -0.1) is 0 Å². The Hall–Kier alpha value is -2.21. The number of nitrogens with one attached hydrogen (secondary N) is 1. The third-order valence-electron chi connectivity index (χ3n) is 4.94. The molecule has 1 amide bonds. The number of carbonyl (C=O) groups is 1. The van der Waals surface area contributed by atoms with Crippen LogP contribution in [0, 0.1) is 5.92 Å². The molecule has 2 unspecified atom stereocenters. The second-order valence-corrected chi connectivity index (χ2v) is 6.88. The minimum Gasteiger partial charge on any atom is -0.352 e. The molecule has 1 aliphatic rings. The first-order valence-electron chi connectivity index (χ1n) is 8.52. The number of hydrogen-bond donors (Lipinski definition) is 2. The van der Waals surface area contributed by atoms with E-state index in [0.717, 1.165) is 36.8 Å². The van der Waals surface area contributed by atoms with Gasteiger partial charge in [0.05, 0.1) is 12.5 Å². The number of nitrogens with zero attached hydrogens (tertiary/aromatic N) is 3. The molecule has 0 aliphatic heterocycles. The fraction of sp³-hybridized carbons (Fsp3) is 0.500. The van der Waals surface area contributed by atoms with Crippen LogP contribution in [-0.4, -0.2) is 26.2 Å². The Morgan fingerprint density at radius 3 is 2.88 bits per heavy atom. The van der Waals surface area contributed by atoms with E-state index >= 15 is 0 Å². The highest BCUT2D eigenvalue weighted by atomic mass is 16.1. The van der Waals surface area contributed by atoms with Crippen molar-refractivity contribution < 1.29 is 4.79 Å². The van der Waals surface area contributed by atoms with Gasteiger partial charge in [-0.2, -0.15) is 5.10 Å². The summed E-state index contributed by atoms with van der Waals surface area (Å²) < 4.78 is 1.78. The van der Waals surface area contributed by atoms with Gasteiger partial charge in [-0.1, -0.05) is 37.1 Å². The molecule has 1 aliphatic carbocycles. The molecule has 6 nitrogen and oxygen atoms in total. The number of hydrogen-bond acceptors (Lipinski definition) is 4. The smallest absolute Gasteiger partial charge is 0.225 e. The Kier molecular flexibility index (Phi) is 4.94. The van der Waals surface area contributed by atoms with Gasteiger partial charge in [0.2, 0.25) is 5.91 Å². The lowest BCUT2D eigenvalue weighted by Crippen LogP contribution is -2.52. The van der Waals surface area contributed by atoms with Gasteiger partial charge in [0.1, 0.15) is 12.7 Å². The van der Waals surface area contributed by atoms with E-state index in [-0.39, 0.29) is 11.8 Å². The Morgan fingerprint density at radius 2 is 2.17 bits per heavy atom. The quantitative estimate of drug-likeness (QED) is 0.877. The van der Waals surface area contributed by atoms with E-state index in [4.69, 9.17) is 5.73 Å². The van der Waals surface area contributed by atoms with Crippen LogP contribution >= 0.6 is 0 Å². The Bertz CT molecular complexity index is 680. The van der Waals surface area contributed by atoms with E-state index in [2.05, 4.69) is 21.5 Å². The van der Waals surface area contributed by atoms with Gasteiger partial charge in [-0.3, -0.25) is 4.79 Å². The van der Waals surface area contributed by atoms with Crippen LogP contribution in [0.25, 0.3) is 0 Å². The molecule has 2 aromatic rings. The highest BCUT2D eigenvalue weighted by molar-refractivity contribution is 5.80. The first-order chi connectivity index (χ1) is 11.6. The van der Waals surface area contributed by atoms with Crippen molar-refractivity contribution in [1.82, 2.24) is 20.1 Å². The molecule has 1 saturated carbocycles. The molecule has 128 valence electrons. The molecule has 1 aromatic heterocycles. The molecule has 3 rings (SSSR count). The van der Waals surface area contributed by atoms with E-state index in [1.807, 2.05) is 25.1 Å². The monoisotopic (exact) mass is 327 g/mol. The Balaban J connectivity index is 1.65. The first-order valence-corrected chi connectivity index (χ1v) is 8.52. The molecular formula is C18H25N5O. The van der Waals surface area contributed by atoms with Gasteiger partial charge in [0.25, 0.3) is 0 Å². The van der Waals surface area contributed by atoms with E-state index in [0.29, 0.717) is 13.1 Å². The number of carbonyl (C=O) groups excluding carboxylic acids is 1. The lowest BCUT2D eigenvalue weighted by atomic mass is 9.74. The summed E-state index contributed by atoms with van der Waals surface area (Å²) >= 11 is 0. The molecule has 0 saturated heterocycles. The van der Waals surface area contributed by atoms with E-state index in [1.165, 1.54) is 6.33 Å². The van der Waals surface area contributed by atoms with Gasteiger partial charge in [-0.05, 0) is 30.9 Å². The molecule has 1 aromatic carbocycles. The number of amides is 1. The summed E-state index contributed by atoms with van der Waals surface area (Å²) in [6.45, 7) is 3.15. The summed E-state index contributed by atoms with van der Waals surface area (Å²) in [6, 6.07) is 8.07. The summed E-state index contributed by atoms with van der Waals surface area (Å²) in [4.78, 5) is 16.6. The molecule has 0 spiro atoms. The van der Waals surface area contributed by atoms with Gasteiger partial charge >= 0.3 is 0 Å². The second kappa shape index (κ2) is 7.13. The van der Waals surface area contributed by atoms with E-state index in [1.54, 1.807) is 11.0 Å². The van der Waals surface area contributed by atoms with Crippen LogP contribution in [0.1, 0.15) is 43.7 Å². The van der Waals surface area contributed by atoms with Crippen molar-refractivity contribution in [3.8, 4) is 0 Å². The maximum atomic E-state index is 12.6. The molecule has 2 atom stereocenters. The minimum absolute atomic E-state index is 0.0651. The van der Waals surface area contributed by atoms with Crippen molar-refractivity contribution in [2.45, 2.75) is 51.2 Å². The largest absolute Gasteiger partial charge is 0.352 e. The van der Waals surface area contributed by atoms with Crippen LogP contribution in [0.4, 0.5) is 0 Å². The Labute approximate surface area is 142 Å². The molecule has 0 radical (unpaired) electrons. The van der Waals surface area contributed by atoms with Crippen LogP contribution in [0.5, 0.6) is 0 Å². The SMILES string of the molecule is CC1(N)CCCCC1C(=O)NCc1ccccc1Cn1cncn1. The molecule has 24 heavy (non-hydrogen) atoms. The molecule has 3 N–H and O–H groups in total. The summed E-state index contributed by atoms with van der Waals surface area (Å²) in [7, 11) is 0. The number of rotatable bonds is 5. The molecule has 0 bridgehead atoms. The zero-order valence-corrected chi connectivity index (χ0v) is 14.1. The highest BCUT2D eigenvalue weighted by Gasteiger charge is 2.37. The minimum atomic E-state index is -0.400. The first kappa shape index (κ1) is 16.6. The van der Waals surface area contributed by atoms with Gasteiger partial charge in [-0.25, -0.2) is 9.67 Å². The van der Waals surface area contributed by atoms with Crippen LogP contribution in [0.15, 0.2) is 36.9 Å². The number of aromatic nitrogens is 3. The van der Waals surface area contributed by atoms with E-state index < -0.39 is 5.54 Å². The average molecular weight is 327 g/mol. The highest BCUT2D eigenvalue weighted by Crippen LogP contribution is 2.31. The summed E-state index contributed by atoms with van der Waals surface area (Å²) in [6.07, 6.45) is 7.19. The number of benzene rings is 1. The topological polar surface area (TPSA) is 85.8 Å². The standard InChI is InChI=1S/C18H25N5O/c1-18(19)9-5-4-8-16(18)17(24)21-10-14-6-2-3-7-15(14)11-23-13-20-12-22-23/h2-3,6-7,12-13,16H,4-5,8-11,19H2,1H3,(H,21,24). The normalized spacial score (nSPS) is 23.8. The van der Waals surface area contributed by atoms with Crippen molar-refractivity contribution in [2.75, 3.05) is 0 Å². The lowest BCUT2D eigenvalue weighted by molar-refractivity contribution is -0.128. The van der Waals surface area contributed by atoms with Crippen LogP contribution < -0.4 is 11.1 Å². The van der Waals surface area contributed by atoms with Crippen molar-refractivity contribution >= 4 is 5.91 Å². The van der Waals surface area contributed by atoms with Gasteiger partial charge < -0.3 is 11.1 Å². The zero-order valence-electron chi connectivity index (χ0n) is 14.1.